The molecule has 1 heterocycles. The van der Waals surface area contributed by atoms with Gasteiger partial charge in [-0.1, -0.05) is 48.2 Å². The minimum absolute atomic E-state index is 0.242. The van der Waals surface area contributed by atoms with Crippen LogP contribution < -0.4 is 0 Å². The molecular formula is C11H9NOS. The standard InChI is InChI=1S/C11H9NOS/c1-2-9-12-10(11(13)14-9)8-6-4-3-5-7-8/h2-7,13H,1H2. The van der Waals surface area contributed by atoms with E-state index in [0.29, 0.717) is 5.69 Å². The number of rotatable bonds is 2. The van der Waals surface area contributed by atoms with Crippen molar-refractivity contribution < 1.29 is 5.11 Å². The third-order valence-electron chi connectivity index (χ3n) is 1.85. The normalized spacial score (nSPS) is 10.0. The van der Waals surface area contributed by atoms with Crippen molar-refractivity contribution in [2.45, 2.75) is 0 Å². The molecule has 1 aromatic carbocycles. The van der Waals surface area contributed by atoms with E-state index in [0.717, 1.165) is 10.6 Å². The highest BCUT2D eigenvalue weighted by molar-refractivity contribution is 7.14. The van der Waals surface area contributed by atoms with Gasteiger partial charge < -0.3 is 5.11 Å². The second-order valence-electron chi connectivity index (χ2n) is 2.78. The lowest BCUT2D eigenvalue weighted by Gasteiger charge is -1.95. The first kappa shape index (κ1) is 8.97. The molecule has 0 saturated carbocycles. The maximum absolute atomic E-state index is 9.62. The van der Waals surface area contributed by atoms with E-state index >= 15 is 0 Å². The van der Waals surface area contributed by atoms with Crippen LogP contribution in [-0.2, 0) is 0 Å². The molecule has 0 amide bonds. The van der Waals surface area contributed by atoms with E-state index in [9.17, 15) is 5.11 Å². The number of benzene rings is 1. The Bertz CT molecular complexity index is 448. The van der Waals surface area contributed by atoms with Crippen LogP contribution in [0.5, 0.6) is 5.06 Å². The van der Waals surface area contributed by atoms with Gasteiger partial charge in [0.2, 0.25) is 0 Å². The van der Waals surface area contributed by atoms with E-state index in [-0.39, 0.29) is 5.06 Å². The van der Waals surface area contributed by atoms with Gasteiger partial charge in [0.05, 0.1) is 0 Å². The van der Waals surface area contributed by atoms with Crippen molar-refractivity contribution >= 4 is 17.4 Å². The number of hydrogen-bond acceptors (Lipinski definition) is 3. The third-order valence-corrected chi connectivity index (χ3v) is 2.70. The molecule has 0 aliphatic heterocycles. The lowest BCUT2D eigenvalue weighted by Crippen LogP contribution is -1.77. The molecule has 0 atom stereocenters. The van der Waals surface area contributed by atoms with E-state index in [4.69, 9.17) is 0 Å². The van der Waals surface area contributed by atoms with Crippen LogP contribution in [0.2, 0.25) is 0 Å². The van der Waals surface area contributed by atoms with Crippen LogP contribution in [0.3, 0.4) is 0 Å². The third kappa shape index (κ3) is 1.54. The van der Waals surface area contributed by atoms with Crippen LogP contribution in [-0.4, -0.2) is 10.1 Å². The second kappa shape index (κ2) is 3.64. The summed E-state index contributed by atoms with van der Waals surface area (Å²) in [5.74, 6) is 0. The quantitative estimate of drug-likeness (QED) is 0.813. The topological polar surface area (TPSA) is 33.1 Å². The van der Waals surface area contributed by atoms with Crippen molar-refractivity contribution in [1.82, 2.24) is 4.98 Å². The van der Waals surface area contributed by atoms with Crippen molar-refractivity contribution in [3.8, 4) is 16.3 Å². The van der Waals surface area contributed by atoms with E-state index in [1.807, 2.05) is 30.3 Å². The second-order valence-corrected chi connectivity index (χ2v) is 3.79. The summed E-state index contributed by atoms with van der Waals surface area (Å²) in [7, 11) is 0. The fourth-order valence-electron chi connectivity index (χ4n) is 1.20. The molecule has 14 heavy (non-hydrogen) atoms. The molecule has 0 saturated heterocycles. The summed E-state index contributed by atoms with van der Waals surface area (Å²) >= 11 is 1.24. The summed E-state index contributed by atoms with van der Waals surface area (Å²) in [6.07, 6.45) is 1.64. The highest BCUT2D eigenvalue weighted by atomic mass is 32.1. The molecule has 1 aromatic heterocycles. The van der Waals surface area contributed by atoms with Gasteiger partial charge in [0.1, 0.15) is 10.7 Å². The number of aromatic nitrogens is 1. The van der Waals surface area contributed by atoms with E-state index in [1.165, 1.54) is 11.3 Å². The van der Waals surface area contributed by atoms with Gasteiger partial charge in [-0.3, -0.25) is 0 Å². The summed E-state index contributed by atoms with van der Waals surface area (Å²) in [5.41, 5.74) is 1.56. The van der Waals surface area contributed by atoms with Gasteiger partial charge in [0, 0.05) is 5.56 Å². The highest BCUT2D eigenvalue weighted by Crippen LogP contribution is 2.34. The Morgan fingerprint density at radius 3 is 2.57 bits per heavy atom. The molecule has 0 radical (unpaired) electrons. The average molecular weight is 203 g/mol. The molecule has 0 aliphatic carbocycles. The largest absolute Gasteiger partial charge is 0.498 e. The first-order valence-corrected chi connectivity index (χ1v) is 5.00. The van der Waals surface area contributed by atoms with Gasteiger partial charge in [-0.05, 0) is 6.08 Å². The zero-order valence-electron chi connectivity index (χ0n) is 7.47. The maximum atomic E-state index is 9.62. The Labute approximate surface area is 86.2 Å². The Kier molecular flexibility index (Phi) is 2.33. The number of aromatic hydroxyl groups is 1. The van der Waals surface area contributed by atoms with Crippen molar-refractivity contribution in [3.63, 3.8) is 0 Å². The van der Waals surface area contributed by atoms with E-state index < -0.39 is 0 Å². The van der Waals surface area contributed by atoms with Gasteiger partial charge in [-0.2, -0.15) is 0 Å². The lowest BCUT2D eigenvalue weighted by atomic mass is 10.2. The van der Waals surface area contributed by atoms with Crippen molar-refractivity contribution in [3.05, 3.63) is 41.9 Å². The monoisotopic (exact) mass is 203 g/mol. The number of hydrogen-bond donors (Lipinski definition) is 1. The summed E-state index contributed by atoms with van der Waals surface area (Å²) in [6, 6.07) is 9.61. The Hall–Kier alpha value is -1.61. The molecule has 0 bridgehead atoms. The Balaban J connectivity index is 2.51. The average Bonchev–Trinajstić information content (AvgIpc) is 2.61. The zero-order valence-corrected chi connectivity index (χ0v) is 8.29. The van der Waals surface area contributed by atoms with E-state index in [1.54, 1.807) is 6.08 Å². The molecule has 0 aliphatic rings. The van der Waals surface area contributed by atoms with Crippen LogP contribution in [0, 0.1) is 0 Å². The first-order valence-electron chi connectivity index (χ1n) is 4.19. The molecule has 0 fully saturated rings. The predicted molar refractivity (Wildman–Crippen MR) is 59.3 cm³/mol. The summed E-state index contributed by atoms with van der Waals surface area (Å²) in [4.78, 5) is 4.25. The molecule has 2 rings (SSSR count). The van der Waals surface area contributed by atoms with Crippen molar-refractivity contribution in [1.29, 1.82) is 0 Å². The molecule has 0 unspecified atom stereocenters. The minimum atomic E-state index is 0.242. The molecule has 2 nitrogen and oxygen atoms in total. The maximum Gasteiger partial charge on any atom is 0.200 e. The Morgan fingerprint density at radius 2 is 2.00 bits per heavy atom. The molecule has 3 heteroatoms. The SMILES string of the molecule is C=Cc1nc(-c2ccccc2)c(O)s1. The summed E-state index contributed by atoms with van der Waals surface area (Å²) < 4.78 is 0. The number of nitrogens with zero attached hydrogens (tertiary/aromatic N) is 1. The molecule has 2 aromatic rings. The van der Waals surface area contributed by atoms with Crippen LogP contribution in [0.25, 0.3) is 17.3 Å². The van der Waals surface area contributed by atoms with Crippen molar-refractivity contribution in [2.75, 3.05) is 0 Å². The van der Waals surface area contributed by atoms with Crippen LogP contribution in [0.1, 0.15) is 5.01 Å². The molecule has 0 spiro atoms. The smallest absolute Gasteiger partial charge is 0.200 e. The molecule has 70 valence electrons. The van der Waals surface area contributed by atoms with Gasteiger partial charge in [0.15, 0.2) is 5.06 Å². The predicted octanol–water partition coefficient (Wildman–Crippen LogP) is 3.16. The van der Waals surface area contributed by atoms with Gasteiger partial charge >= 0.3 is 0 Å². The molecular weight excluding hydrogens is 194 g/mol. The van der Waals surface area contributed by atoms with Crippen molar-refractivity contribution in [2.24, 2.45) is 0 Å². The van der Waals surface area contributed by atoms with E-state index in [2.05, 4.69) is 11.6 Å². The lowest BCUT2D eigenvalue weighted by molar-refractivity contribution is 0.491. The van der Waals surface area contributed by atoms with Crippen LogP contribution >= 0.6 is 11.3 Å². The number of thiazole rings is 1. The van der Waals surface area contributed by atoms with Gasteiger partial charge in [0.25, 0.3) is 0 Å². The minimum Gasteiger partial charge on any atom is -0.498 e. The zero-order chi connectivity index (χ0) is 9.97. The van der Waals surface area contributed by atoms with Gasteiger partial charge in [-0.15, -0.1) is 0 Å². The Morgan fingerprint density at radius 1 is 1.29 bits per heavy atom. The fraction of sp³-hybridized carbons (Fsp3) is 0. The highest BCUT2D eigenvalue weighted by Gasteiger charge is 2.09. The van der Waals surface area contributed by atoms with Gasteiger partial charge in [-0.25, -0.2) is 4.98 Å². The van der Waals surface area contributed by atoms with Crippen LogP contribution in [0.15, 0.2) is 36.9 Å². The molecule has 1 N–H and O–H groups in total. The van der Waals surface area contributed by atoms with Crippen LogP contribution in [0.4, 0.5) is 0 Å². The first-order chi connectivity index (χ1) is 6.81. The fourth-order valence-corrected chi connectivity index (χ4v) is 1.88. The summed E-state index contributed by atoms with van der Waals surface area (Å²) in [6.45, 7) is 3.62. The summed E-state index contributed by atoms with van der Waals surface area (Å²) in [5, 5.41) is 10.6.